The molecule has 0 aliphatic carbocycles. The molecule has 0 saturated heterocycles. The summed E-state index contributed by atoms with van der Waals surface area (Å²) in [5.41, 5.74) is 1.87. The number of carbonyl (C=O) groups excluding carboxylic acids is 1. The van der Waals surface area contributed by atoms with E-state index >= 15 is 0 Å². The zero-order valence-electron chi connectivity index (χ0n) is 17.3. The van der Waals surface area contributed by atoms with Gasteiger partial charge in [0.15, 0.2) is 8.32 Å². The van der Waals surface area contributed by atoms with Crippen molar-refractivity contribution in [3.05, 3.63) is 70.7 Å². The smallest absolute Gasteiger partial charge is 0.408 e. The van der Waals surface area contributed by atoms with Crippen LogP contribution in [-0.4, -0.2) is 21.0 Å². The Kier molecular flexibility index (Phi) is 7.69. The van der Waals surface area contributed by atoms with Crippen LogP contribution in [0.5, 0.6) is 0 Å². The summed E-state index contributed by atoms with van der Waals surface area (Å²) in [5, 5.41) is 3.68. The minimum atomic E-state index is -1.95. The number of hydrogen-bond acceptors (Lipinski definition) is 3. The summed E-state index contributed by atoms with van der Waals surface area (Å²) in [5.74, 6) is 0. The van der Waals surface area contributed by atoms with Gasteiger partial charge in [0.1, 0.15) is 6.61 Å². The number of nitrogens with one attached hydrogen (secondary N) is 1. The van der Waals surface area contributed by atoms with E-state index in [9.17, 15) is 4.79 Å². The third-order valence-corrected chi connectivity index (χ3v) is 9.95. The van der Waals surface area contributed by atoms with E-state index in [0.717, 1.165) is 11.1 Å². The van der Waals surface area contributed by atoms with E-state index in [1.165, 1.54) is 0 Å². The molecule has 0 heterocycles. The van der Waals surface area contributed by atoms with Crippen LogP contribution in [0.3, 0.4) is 0 Å². The Morgan fingerprint density at radius 2 is 1.68 bits per heavy atom. The lowest BCUT2D eigenvalue weighted by molar-refractivity contribution is 0.130. The molecule has 2 rings (SSSR count). The number of alkyl carbamates (subject to hydrolysis) is 1. The molecule has 0 fully saturated rings. The summed E-state index contributed by atoms with van der Waals surface area (Å²) in [6.45, 7) is 11.6. The van der Waals surface area contributed by atoms with Gasteiger partial charge in [0.2, 0.25) is 0 Å². The zero-order chi connectivity index (χ0) is 20.8. The van der Waals surface area contributed by atoms with Gasteiger partial charge in [-0.05, 0) is 41.4 Å². The lowest BCUT2D eigenvalue weighted by Gasteiger charge is -2.37. The number of rotatable bonds is 7. The van der Waals surface area contributed by atoms with E-state index in [2.05, 4.69) is 39.2 Å². The molecule has 0 aromatic heterocycles. The molecule has 28 heavy (non-hydrogen) atoms. The van der Waals surface area contributed by atoms with Crippen molar-refractivity contribution in [1.29, 1.82) is 0 Å². The van der Waals surface area contributed by atoms with E-state index in [4.69, 9.17) is 20.8 Å². The van der Waals surface area contributed by atoms with E-state index in [-0.39, 0.29) is 17.7 Å². The van der Waals surface area contributed by atoms with E-state index in [0.29, 0.717) is 11.6 Å². The van der Waals surface area contributed by atoms with Crippen LogP contribution in [0.25, 0.3) is 0 Å². The molecule has 0 bridgehead atoms. The first-order chi connectivity index (χ1) is 13.1. The Labute approximate surface area is 174 Å². The Hall–Kier alpha value is -1.82. The van der Waals surface area contributed by atoms with E-state index < -0.39 is 14.4 Å². The van der Waals surface area contributed by atoms with Crippen molar-refractivity contribution >= 4 is 26.0 Å². The Morgan fingerprint density at radius 3 is 2.25 bits per heavy atom. The minimum Gasteiger partial charge on any atom is -0.445 e. The first-order valence-electron chi connectivity index (χ1n) is 9.45. The number of carbonyl (C=O) groups is 1. The van der Waals surface area contributed by atoms with Crippen molar-refractivity contribution in [2.75, 3.05) is 6.61 Å². The fourth-order valence-electron chi connectivity index (χ4n) is 2.33. The van der Waals surface area contributed by atoms with Gasteiger partial charge in [-0.3, -0.25) is 0 Å². The Balaban J connectivity index is 2.05. The number of benzene rings is 2. The largest absolute Gasteiger partial charge is 0.445 e. The third-order valence-electron chi connectivity index (χ3n) is 5.19. The molecule has 4 nitrogen and oxygen atoms in total. The second kappa shape index (κ2) is 9.59. The molecule has 1 amide bonds. The van der Waals surface area contributed by atoms with Gasteiger partial charge in [0, 0.05) is 5.02 Å². The average molecular weight is 420 g/mol. The molecular formula is C22H30ClNO3Si. The second-order valence-corrected chi connectivity index (χ2v) is 13.6. The van der Waals surface area contributed by atoms with Crippen LogP contribution < -0.4 is 5.32 Å². The van der Waals surface area contributed by atoms with Gasteiger partial charge in [-0.1, -0.05) is 74.8 Å². The van der Waals surface area contributed by atoms with Crippen molar-refractivity contribution in [1.82, 2.24) is 5.32 Å². The first kappa shape index (κ1) is 22.5. The summed E-state index contributed by atoms with van der Waals surface area (Å²) >= 11 is 6.01. The highest BCUT2D eigenvalue weighted by Gasteiger charge is 2.37. The predicted octanol–water partition coefficient (Wildman–Crippen LogP) is 6.33. The molecule has 2 aromatic rings. The second-order valence-electron chi connectivity index (χ2n) is 8.38. The molecule has 0 radical (unpaired) electrons. The molecule has 0 saturated carbocycles. The lowest BCUT2D eigenvalue weighted by Crippen LogP contribution is -2.43. The summed E-state index contributed by atoms with van der Waals surface area (Å²) in [4.78, 5) is 12.4. The Bertz CT molecular complexity index is 758. The maximum atomic E-state index is 12.4. The predicted molar refractivity (Wildman–Crippen MR) is 117 cm³/mol. The quantitative estimate of drug-likeness (QED) is 0.533. The van der Waals surface area contributed by atoms with Gasteiger partial charge in [-0.25, -0.2) is 4.79 Å². The zero-order valence-corrected chi connectivity index (χ0v) is 19.0. The normalized spacial score (nSPS) is 13.1. The van der Waals surface area contributed by atoms with Crippen LogP contribution in [0.1, 0.15) is 37.9 Å². The van der Waals surface area contributed by atoms with Crippen LogP contribution in [0.4, 0.5) is 4.79 Å². The van der Waals surface area contributed by atoms with E-state index in [1.807, 2.05) is 54.6 Å². The molecule has 0 unspecified atom stereocenters. The third kappa shape index (κ3) is 6.65. The summed E-state index contributed by atoms with van der Waals surface area (Å²) in [6.07, 6.45) is -0.470. The van der Waals surface area contributed by atoms with Crippen molar-refractivity contribution in [3.8, 4) is 0 Å². The standard InChI is InChI=1S/C22H30ClNO3Si/c1-22(2,3)28(4,5)27-16-20(18-11-13-19(23)14-12-18)24-21(25)26-15-17-9-7-6-8-10-17/h6-14,20H,15-16H2,1-5H3,(H,24,25)/t20-/m1/s1. The molecule has 0 aliphatic rings. The Morgan fingerprint density at radius 1 is 1.07 bits per heavy atom. The van der Waals surface area contributed by atoms with E-state index in [1.54, 1.807) is 0 Å². The molecule has 1 N–H and O–H groups in total. The molecule has 6 heteroatoms. The molecule has 0 aliphatic heterocycles. The highest BCUT2D eigenvalue weighted by atomic mass is 35.5. The van der Waals surface area contributed by atoms with Gasteiger partial charge < -0.3 is 14.5 Å². The van der Waals surface area contributed by atoms with Crippen molar-refractivity contribution in [2.45, 2.75) is 51.6 Å². The van der Waals surface area contributed by atoms with Crippen LogP contribution >= 0.6 is 11.6 Å². The van der Waals surface area contributed by atoms with Crippen molar-refractivity contribution in [3.63, 3.8) is 0 Å². The molecule has 152 valence electrons. The lowest BCUT2D eigenvalue weighted by atomic mass is 10.1. The highest BCUT2D eigenvalue weighted by Crippen LogP contribution is 2.37. The van der Waals surface area contributed by atoms with Crippen LogP contribution in [0.15, 0.2) is 54.6 Å². The van der Waals surface area contributed by atoms with Gasteiger partial charge in [0.05, 0.1) is 12.6 Å². The molecule has 0 spiro atoms. The van der Waals surface area contributed by atoms with Gasteiger partial charge in [-0.2, -0.15) is 0 Å². The van der Waals surface area contributed by atoms with Gasteiger partial charge in [0.25, 0.3) is 0 Å². The molecule has 2 aromatic carbocycles. The number of amides is 1. The SMILES string of the molecule is CC(C)(C)[Si](C)(C)OC[C@@H](NC(=O)OCc1ccccc1)c1ccc(Cl)cc1. The first-order valence-corrected chi connectivity index (χ1v) is 12.7. The summed E-state index contributed by atoms with van der Waals surface area (Å²) < 4.78 is 11.7. The molecule has 1 atom stereocenters. The number of halogens is 1. The van der Waals surface area contributed by atoms with Gasteiger partial charge >= 0.3 is 6.09 Å². The monoisotopic (exact) mass is 419 g/mol. The maximum Gasteiger partial charge on any atom is 0.408 e. The summed E-state index contributed by atoms with van der Waals surface area (Å²) in [6, 6.07) is 16.7. The van der Waals surface area contributed by atoms with Crippen molar-refractivity contribution in [2.24, 2.45) is 0 Å². The average Bonchev–Trinajstić information content (AvgIpc) is 2.64. The van der Waals surface area contributed by atoms with Gasteiger partial charge in [-0.15, -0.1) is 0 Å². The number of hydrogen-bond donors (Lipinski definition) is 1. The van der Waals surface area contributed by atoms with Crippen LogP contribution in [-0.2, 0) is 15.8 Å². The maximum absolute atomic E-state index is 12.4. The van der Waals surface area contributed by atoms with Crippen LogP contribution in [0, 0.1) is 0 Å². The topological polar surface area (TPSA) is 47.6 Å². The minimum absolute atomic E-state index is 0.0887. The van der Waals surface area contributed by atoms with Crippen molar-refractivity contribution < 1.29 is 14.0 Å². The fourth-order valence-corrected chi connectivity index (χ4v) is 3.47. The highest BCUT2D eigenvalue weighted by molar-refractivity contribution is 6.74. The fraction of sp³-hybridized carbons (Fsp3) is 0.409. The van der Waals surface area contributed by atoms with Crippen LogP contribution in [0.2, 0.25) is 23.2 Å². The molecular weight excluding hydrogens is 390 g/mol. The number of ether oxygens (including phenoxy) is 1. The summed E-state index contributed by atoms with van der Waals surface area (Å²) in [7, 11) is -1.95.